The van der Waals surface area contributed by atoms with Crippen molar-refractivity contribution in [2.24, 2.45) is 4.99 Å². The second kappa shape index (κ2) is 10.5. The monoisotopic (exact) mass is 465 g/mol. The van der Waals surface area contributed by atoms with Crippen molar-refractivity contribution in [2.45, 2.75) is 44.3 Å². The molecule has 3 nitrogen and oxygen atoms in total. The van der Waals surface area contributed by atoms with Gasteiger partial charge in [-0.3, -0.25) is 4.99 Å². The summed E-state index contributed by atoms with van der Waals surface area (Å²) in [5, 5.41) is 6.43. The van der Waals surface area contributed by atoms with Gasteiger partial charge in [0.1, 0.15) is 0 Å². The highest BCUT2D eigenvalue weighted by Crippen LogP contribution is 2.29. The van der Waals surface area contributed by atoms with Crippen molar-refractivity contribution in [2.75, 3.05) is 13.6 Å². The minimum absolute atomic E-state index is 0. The lowest BCUT2D eigenvalue weighted by Gasteiger charge is -2.24. The first-order valence-electron chi connectivity index (χ1n) is 8.12. The molecule has 0 aromatic heterocycles. The molecule has 0 amide bonds. The Hall–Kier alpha value is -1.43. The normalized spacial score (nSPS) is 15.6. The Morgan fingerprint density at radius 1 is 1.24 bits per heavy atom. The van der Waals surface area contributed by atoms with Gasteiger partial charge < -0.3 is 10.6 Å². The third-order valence-electron chi connectivity index (χ3n) is 3.94. The maximum Gasteiger partial charge on any atom is 0.416 e. The number of benzene rings is 1. The van der Waals surface area contributed by atoms with Crippen LogP contribution in [-0.4, -0.2) is 25.6 Å². The van der Waals surface area contributed by atoms with Crippen LogP contribution in [-0.2, 0) is 6.18 Å². The van der Waals surface area contributed by atoms with E-state index in [4.69, 9.17) is 0 Å². The number of hydrogen-bond donors (Lipinski definition) is 2. The highest BCUT2D eigenvalue weighted by Gasteiger charge is 2.30. The van der Waals surface area contributed by atoms with E-state index in [1.54, 1.807) is 13.1 Å². The van der Waals surface area contributed by atoms with E-state index in [0.717, 1.165) is 25.0 Å². The van der Waals surface area contributed by atoms with E-state index < -0.39 is 11.7 Å². The molecule has 7 heteroatoms. The first-order chi connectivity index (χ1) is 11.5. The van der Waals surface area contributed by atoms with Crippen molar-refractivity contribution >= 4 is 29.9 Å². The summed E-state index contributed by atoms with van der Waals surface area (Å²) < 4.78 is 37.9. The highest BCUT2D eigenvalue weighted by atomic mass is 127. The predicted octanol–water partition coefficient (Wildman–Crippen LogP) is 4.17. The average Bonchev–Trinajstić information content (AvgIpc) is 2.58. The number of nitrogens with zero attached hydrogens (tertiary/aromatic N) is 1. The summed E-state index contributed by atoms with van der Waals surface area (Å²) >= 11 is 0. The molecule has 1 fully saturated rings. The van der Waals surface area contributed by atoms with E-state index in [1.165, 1.54) is 25.3 Å². The third-order valence-corrected chi connectivity index (χ3v) is 3.94. The Balaban J connectivity index is 0.00000312. The number of guanidine groups is 1. The second-order valence-corrected chi connectivity index (χ2v) is 5.79. The van der Waals surface area contributed by atoms with E-state index in [-0.39, 0.29) is 24.0 Å². The van der Waals surface area contributed by atoms with Gasteiger partial charge in [0.05, 0.1) is 12.1 Å². The van der Waals surface area contributed by atoms with Crippen molar-refractivity contribution in [3.05, 3.63) is 35.4 Å². The van der Waals surface area contributed by atoms with Gasteiger partial charge in [0.2, 0.25) is 0 Å². The average molecular weight is 465 g/mol. The molecule has 2 N–H and O–H groups in total. The first kappa shape index (κ1) is 21.6. The summed E-state index contributed by atoms with van der Waals surface area (Å²) in [7, 11) is 1.69. The molecule has 0 radical (unpaired) electrons. The summed E-state index contributed by atoms with van der Waals surface area (Å²) in [6.07, 6.45) is 1.66. The molecule has 0 unspecified atom stereocenters. The van der Waals surface area contributed by atoms with E-state index >= 15 is 0 Å². The fraction of sp³-hybridized carbons (Fsp3) is 0.500. The quantitative estimate of drug-likeness (QED) is 0.298. The van der Waals surface area contributed by atoms with Gasteiger partial charge in [-0.05, 0) is 31.0 Å². The topological polar surface area (TPSA) is 36.4 Å². The Kier molecular flexibility index (Phi) is 9.11. The summed E-state index contributed by atoms with van der Waals surface area (Å²) in [6.45, 7) is 0.322. The summed E-state index contributed by atoms with van der Waals surface area (Å²) in [6, 6.07) is 5.46. The van der Waals surface area contributed by atoms with Gasteiger partial charge in [0, 0.05) is 18.7 Å². The lowest BCUT2D eigenvalue weighted by Crippen LogP contribution is -2.44. The van der Waals surface area contributed by atoms with Gasteiger partial charge in [0.25, 0.3) is 0 Å². The molecule has 1 aliphatic rings. The largest absolute Gasteiger partial charge is 0.416 e. The standard InChI is InChI=1S/C18H22F3N3.HI/c1-22-17(24-16-10-3-2-4-11-16)23-12-6-8-14-7-5-9-15(13-14)18(19,20)21;/h5,7,9,13,16H,2-4,10-12H2,1H3,(H2,22,23,24);1H. The molecule has 0 heterocycles. The Bertz CT molecular complexity index is 626. The number of hydrogen-bond acceptors (Lipinski definition) is 1. The van der Waals surface area contributed by atoms with Gasteiger partial charge in [-0.25, -0.2) is 0 Å². The second-order valence-electron chi connectivity index (χ2n) is 5.79. The predicted molar refractivity (Wildman–Crippen MR) is 105 cm³/mol. The van der Waals surface area contributed by atoms with E-state index in [0.29, 0.717) is 24.1 Å². The van der Waals surface area contributed by atoms with E-state index in [1.807, 2.05) is 0 Å². The number of halogens is 4. The molecular formula is C18H23F3IN3. The molecule has 138 valence electrons. The Morgan fingerprint density at radius 2 is 1.96 bits per heavy atom. The molecule has 0 bridgehead atoms. The lowest BCUT2D eigenvalue weighted by molar-refractivity contribution is -0.137. The van der Waals surface area contributed by atoms with Gasteiger partial charge in [0.15, 0.2) is 5.96 Å². The molecule has 0 saturated heterocycles. The molecule has 0 atom stereocenters. The van der Waals surface area contributed by atoms with Crippen LogP contribution in [0.25, 0.3) is 0 Å². The summed E-state index contributed by atoms with van der Waals surface area (Å²) in [5.74, 6) is 6.26. The third kappa shape index (κ3) is 7.55. The fourth-order valence-electron chi connectivity index (χ4n) is 2.68. The van der Waals surface area contributed by atoms with Crippen LogP contribution in [0.4, 0.5) is 13.2 Å². The molecule has 1 aliphatic carbocycles. The summed E-state index contributed by atoms with van der Waals surface area (Å²) in [5.41, 5.74) is -0.334. The number of rotatable bonds is 2. The van der Waals surface area contributed by atoms with Crippen LogP contribution in [0.15, 0.2) is 29.3 Å². The van der Waals surface area contributed by atoms with Gasteiger partial charge in [-0.15, -0.1) is 24.0 Å². The van der Waals surface area contributed by atoms with Crippen LogP contribution in [0.1, 0.15) is 43.2 Å². The highest BCUT2D eigenvalue weighted by molar-refractivity contribution is 14.0. The Labute approximate surface area is 163 Å². The SMILES string of the molecule is CN=C(NCC#Cc1cccc(C(F)(F)F)c1)NC1CCCCC1.I. The minimum Gasteiger partial charge on any atom is -0.354 e. The maximum absolute atomic E-state index is 12.6. The van der Waals surface area contributed by atoms with Crippen molar-refractivity contribution in [3.63, 3.8) is 0 Å². The van der Waals surface area contributed by atoms with Crippen LogP contribution < -0.4 is 10.6 Å². The first-order valence-corrected chi connectivity index (χ1v) is 8.12. The molecule has 1 aromatic carbocycles. The smallest absolute Gasteiger partial charge is 0.354 e. The molecule has 25 heavy (non-hydrogen) atoms. The molecule has 0 spiro atoms. The number of nitrogens with one attached hydrogen (secondary N) is 2. The Morgan fingerprint density at radius 3 is 2.60 bits per heavy atom. The zero-order valence-electron chi connectivity index (χ0n) is 14.1. The molecule has 2 rings (SSSR count). The van der Waals surface area contributed by atoms with Crippen LogP contribution in [0.5, 0.6) is 0 Å². The zero-order chi connectivity index (χ0) is 17.4. The van der Waals surface area contributed by atoms with Gasteiger partial charge in [-0.2, -0.15) is 13.2 Å². The fourth-order valence-corrected chi connectivity index (χ4v) is 2.68. The van der Waals surface area contributed by atoms with E-state index in [9.17, 15) is 13.2 Å². The number of alkyl halides is 3. The van der Waals surface area contributed by atoms with Crippen molar-refractivity contribution in [3.8, 4) is 11.8 Å². The van der Waals surface area contributed by atoms with E-state index in [2.05, 4.69) is 27.5 Å². The lowest BCUT2D eigenvalue weighted by atomic mass is 9.96. The van der Waals surface area contributed by atoms with Crippen LogP contribution in [0.2, 0.25) is 0 Å². The summed E-state index contributed by atoms with van der Waals surface area (Å²) in [4.78, 5) is 4.15. The number of aliphatic imine (C=N–C) groups is 1. The molecular weight excluding hydrogens is 442 g/mol. The molecule has 0 aliphatic heterocycles. The zero-order valence-corrected chi connectivity index (χ0v) is 16.4. The van der Waals surface area contributed by atoms with Gasteiger partial charge in [-0.1, -0.05) is 37.2 Å². The van der Waals surface area contributed by atoms with Crippen molar-refractivity contribution in [1.82, 2.24) is 10.6 Å². The molecule has 1 saturated carbocycles. The van der Waals surface area contributed by atoms with Crippen molar-refractivity contribution < 1.29 is 13.2 Å². The van der Waals surface area contributed by atoms with Crippen LogP contribution in [0, 0.1) is 11.8 Å². The van der Waals surface area contributed by atoms with Gasteiger partial charge >= 0.3 is 6.18 Å². The van der Waals surface area contributed by atoms with Crippen LogP contribution >= 0.6 is 24.0 Å². The minimum atomic E-state index is -4.35. The maximum atomic E-state index is 12.6. The molecule has 1 aromatic rings. The van der Waals surface area contributed by atoms with Crippen molar-refractivity contribution in [1.29, 1.82) is 0 Å². The van der Waals surface area contributed by atoms with Crippen LogP contribution in [0.3, 0.4) is 0 Å².